The highest BCUT2D eigenvalue weighted by Gasteiger charge is 2.20. The lowest BCUT2D eigenvalue weighted by Crippen LogP contribution is -2.49. The lowest BCUT2D eigenvalue weighted by Gasteiger charge is -2.34. The van der Waals surface area contributed by atoms with E-state index in [2.05, 4.69) is 10.3 Å². The number of hydrogen-bond acceptors (Lipinski definition) is 4. The number of halogens is 3. The second-order valence-electron chi connectivity index (χ2n) is 5.75. The second kappa shape index (κ2) is 7.99. The fraction of sp³-hybridized carbons (Fsp3) is 0.294. The minimum absolute atomic E-state index is 0.151. The van der Waals surface area contributed by atoms with Crippen LogP contribution in [0.1, 0.15) is 0 Å². The van der Waals surface area contributed by atoms with E-state index in [0.717, 1.165) is 0 Å². The van der Waals surface area contributed by atoms with Crippen LogP contribution in [-0.2, 0) is 4.79 Å². The SMILES string of the molecule is O=C(CN1CCN(c2cccc(F)n2)CC1)Nc1cc(Cl)ccc1Cl. The number of rotatable bonds is 4. The van der Waals surface area contributed by atoms with Crippen LogP contribution in [-0.4, -0.2) is 48.5 Å². The van der Waals surface area contributed by atoms with Gasteiger partial charge in [-0.1, -0.05) is 29.3 Å². The van der Waals surface area contributed by atoms with E-state index in [4.69, 9.17) is 23.2 Å². The van der Waals surface area contributed by atoms with Crippen LogP contribution < -0.4 is 10.2 Å². The Morgan fingerprint density at radius 1 is 1.16 bits per heavy atom. The zero-order valence-corrected chi connectivity index (χ0v) is 14.9. The van der Waals surface area contributed by atoms with Crippen LogP contribution in [0.25, 0.3) is 0 Å². The second-order valence-corrected chi connectivity index (χ2v) is 6.60. The van der Waals surface area contributed by atoms with Gasteiger partial charge in [0, 0.05) is 31.2 Å². The molecule has 0 atom stereocenters. The molecule has 0 bridgehead atoms. The zero-order valence-electron chi connectivity index (χ0n) is 13.4. The van der Waals surface area contributed by atoms with Crippen LogP contribution in [0.15, 0.2) is 36.4 Å². The number of anilines is 2. The minimum atomic E-state index is -0.488. The summed E-state index contributed by atoms with van der Waals surface area (Å²) in [6.45, 7) is 3.00. The van der Waals surface area contributed by atoms with Gasteiger partial charge < -0.3 is 10.2 Å². The van der Waals surface area contributed by atoms with Crippen molar-refractivity contribution in [3.05, 3.63) is 52.4 Å². The highest BCUT2D eigenvalue weighted by Crippen LogP contribution is 2.25. The molecule has 1 amide bonds. The number of carbonyl (C=O) groups is 1. The van der Waals surface area contributed by atoms with E-state index in [1.54, 1.807) is 30.3 Å². The molecule has 0 unspecified atom stereocenters. The zero-order chi connectivity index (χ0) is 17.8. The first-order valence-corrected chi connectivity index (χ1v) is 8.61. The van der Waals surface area contributed by atoms with Gasteiger partial charge in [-0.3, -0.25) is 9.69 Å². The summed E-state index contributed by atoms with van der Waals surface area (Å²) in [5.41, 5.74) is 0.502. The van der Waals surface area contributed by atoms with Crippen LogP contribution in [0.5, 0.6) is 0 Å². The molecule has 1 aliphatic rings. The predicted molar refractivity (Wildman–Crippen MR) is 97.9 cm³/mol. The monoisotopic (exact) mass is 382 g/mol. The summed E-state index contributed by atoms with van der Waals surface area (Å²) in [5, 5.41) is 3.73. The highest BCUT2D eigenvalue weighted by molar-refractivity contribution is 6.35. The molecule has 5 nitrogen and oxygen atoms in total. The molecular weight excluding hydrogens is 366 g/mol. The average Bonchev–Trinajstić information content (AvgIpc) is 2.59. The average molecular weight is 383 g/mol. The first-order valence-electron chi connectivity index (χ1n) is 7.86. The van der Waals surface area contributed by atoms with Gasteiger partial charge >= 0.3 is 0 Å². The lowest BCUT2D eigenvalue weighted by atomic mass is 10.3. The maximum Gasteiger partial charge on any atom is 0.238 e. The number of aromatic nitrogens is 1. The van der Waals surface area contributed by atoms with E-state index in [9.17, 15) is 9.18 Å². The lowest BCUT2D eigenvalue weighted by molar-refractivity contribution is -0.117. The number of carbonyl (C=O) groups excluding carboxylic acids is 1. The van der Waals surface area contributed by atoms with Gasteiger partial charge in [-0.2, -0.15) is 4.39 Å². The van der Waals surface area contributed by atoms with Crippen molar-refractivity contribution >= 4 is 40.6 Å². The van der Waals surface area contributed by atoms with Gasteiger partial charge in [-0.15, -0.1) is 0 Å². The van der Waals surface area contributed by atoms with E-state index in [-0.39, 0.29) is 12.5 Å². The molecule has 3 rings (SSSR count). The fourth-order valence-electron chi connectivity index (χ4n) is 2.69. The molecule has 0 spiro atoms. The van der Waals surface area contributed by atoms with Crippen molar-refractivity contribution < 1.29 is 9.18 Å². The van der Waals surface area contributed by atoms with Gasteiger partial charge in [-0.25, -0.2) is 4.98 Å². The van der Waals surface area contributed by atoms with Crippen molar-refractivity contribution in [3.8, 4) is 0 Å². The molecule has 1 saturated heterocycles. The van der Waals surface area contributed by atoms with E-state index in [1.807, 2.05) is 9.80 Å². The molecule has 1 fully saturated rings. The Kier molecular flexibility index (Phi) is 5.73. The molecule has 0 aliphatic carbocycles. The summed E-state index contributed by atoms with van der Waals surface area (Å²) in [4.78, 5) is 20.1. The number of hydrogen-bond donors (Lipinski definition) is 1. The van der Waals surface area contributed by atoms with Gasteiger partial charge in [0.05, 0.1) is 17.3 Å². The molecule has 0 radical (unpaired) electrons. The van der Waals surface area contributed by atoms with Crippen LogP contribution in [0.3, 0.4) is 0 Å². The first-order chi connectivity index (χ1) is 12.0. The number of amides is 1. The van der Waals surface area contributed by atoms with Crippen molar-refractivity contribution in [2.75, 3.05) is 42.9 Å². The standard InChI is InChI=1S/C17H17Cl2FN4O/c18-12-4-5-13(19)14(10-12)21-17(25)11-23-6-8-24(9-7-23)16-3-1-2-15(20)22-16/h1-5,10H,6-9,11H2,(H,21,25). The molecule has 0 saturated carbocycles. The number of nitrogens with one attached hydrogen (secondary N) is 1. The number of nitrogens with zero attached hydrogens (tertiary/aromatic N) is 3. The highest BCUT2D eigenvalue weighted by atomic mass is 35.5. The molecule has 8 heteroatoms. The number of benzene rings is 1. The minimum Gasteiger partial charge on any atom is -0.354 e. The quantitative estimate of drug-likeness (QED) is 0.824. The largest absolute Gasteiger partial charge is 0.354 e. The van der Waals surface area contributed by atoms with Crippen molar-refractivity contribution in [3.63, 3.8) is 0 Å². The van der Waals surface area contributed by atoms with Crippen LogP contribution in [0.4, 0.5) is 15.9 Å². The normalized spacial score (nSPS) is 15.2. The fourth-order valence-corrected chi connectivity index (χ4v) is 3.03. The van der Waals surface area contributed by atoms with Crippen LogP contribution in [0, 0.1) is 5.95 Å². The molecule has 1 aromatic heterocycles. The van der Waals surface area contributed by atoms with Crippen LogP contribution in [0.2, 0.25) is 10.0 Å². The number of pyridine rings is 1. The maximum atomic E-state index is 13.2. The Morgan fingerprint density at radius 3 is 2.64 bits per heavy atom. The Hall–Kier alpha value is -1.89. The van der Waals surface area contributed by atoms with Gasteiger partial charge in [0.15, 0.2) is 0 Å². The number of piperazine rings is 1. The van der Waals surface area contributed by atoms with E-state index in [1.165, 1.54) is 6.07 Å². The molecule has 132 valence electrons. The van der Waals surface area contributed by atoms with Gasteiger partial charge in [-0.05, 0) is 30.3 Å². The van der Waals surface area contributed by atoms with Gasteiger partial charge in [0.1, 0.15) is 5.82 Å². The van der Waals surface area contributed by atoms with Crippen molar-refractivity contribution in [2.24, 2.45) is 0 Å². The van der Waals surface area contributed by atoms with Crippen molar-refractivity contribution in [2.45, 2.75) is 0 Å². The van der Waals surface area contributed by atoms with Gasteiger partial charge in [0.2, 0.25) is 11.9 Å². The Morgan fingerprint density at radius 2 is 1.92 bits per heavy atom. The predicted octanol–water partition coefficient (Wildman–Crippen LogP) is 3.29. The summed E-state index contributed by atoms with van der Waals surface area (Å²) >= 11 is 12.0. The third-order valence-corrected chi connectivity index (χ3v) is 4.53. The Balaban J connectivity index is 1.52. The third kappa shape index (κ3) is 4.81. The Labute approximate surface area is 155 Å². The molecule has 25 heavy (non-hydrogen) atoms. The summed E-state index contributed by atoms with van der Waals surface area (Å²) in [6.07, 6.45) is 0. The molecule has 1 aliphatic heterocycles. The summed E-state index contributed by atoms with van der Waals surface area (Å²) < 4.78 is 13.2. The van der Waals surface area contributed by atoms with Crippen LogP contribution >= 0.6 is 23.2 Å². The Bertz CT molecular complexity index is 766. The molecule has 1 N–H and O–H groups in total. The summed E-state index contributed by atoms with van der Waals surface area (Å²) in [6, 6.07) is 9.68. The summed E-state index contributed by atoms with van der Waals surface area (Å²) in [5.74, 6) is -0.0194. The van der Waals surface area contributed by atoms with E-state index < -0.39 is 5.95 Å². The maximum absolute atomic E-state index is 13.2. The van der Waals surface area contributed by atoms with E-state index >= 15 is 0 Å². The molecular formula is C17H17Cl2FN4O. The molecule has 2 aromatic rings. The smallest absolute Gasteiger partial charge is 0.238 e. The molecule has 2 heterocycles. The third-order valence-electron chi connectivity index (χ3n) is 3.97. The van der Waals surface area contributed by atoms with Gasteiger partial charge in [0.25, 0.3) is 0 Å². The van der Waals surface area contributed by atoms with Crippen molar-refractivity contribution in [1.82, 2.24) is 9.88 Å². The first kappa shape index (κ1) is 17.9. The van der Waals surface area contributed by atoms with Crippen molar-refractivity contribution in [1.29, 1.82) is 0 Å². The van der Waals surface area contributed by atoms with E-state index in [0.29, 0.717) is 47.7 Å². The molecule has 1 aromatic carbocycles. The summed E-state index contributed by atoms with van der Waals surface area (Å²) in [7, 11) is 0. The topological polar surface area (TPSA) is 48.5 Å².